The highest BCUT2D eigenvalue weighted by molar-refractivity contribution is 7.92. The standard InChI is InChI=1S/C23H22FN3O5S/c1-14-4-10-18(33(30,31)27-15-5-8-17(32-3)9-6-15)13-19(14)23(29)26-16-7-11-21(24)20(12-16)22(28)25-2/h4-13,27H,1-3H3,(H,25,28)(H,26,29). The van der Waals surface area contributed by atoms with Crippen LogP contribution in [0.1, 0.15) is 26.3 Å². The van der Waals surface area contributed by atoms with Crippen LogP contribution in [-0.4, -0.2) is 34.4 Å². The van der Waals surface area contributed by atoms with E-state index in [1.807, 2.05) is 0 Å². The van der Waals surface area contributed by atoms with Gasteiger partial charge >= 0.3 is 0 Å². The molecule has 0 bridgehead atoms. The molecule has 0 aliphatic heterocycles. The van der Waals surface area contributed by atoms with Crippen molar-refractivity contribution in [2.24, 2.45) is 0 Å². The van der Waals surface area contributed by atoms with Gasteiger partial charge in [-0.05, 0) is 67.1 Å². The smallest absolute Gasteiger partial charge is 0.261 e. The van der Waals surface area contributed by atoms with Gasteiger partial charge < -0.3 is 15.4 Å². The van der Waals surface area contributed by atoms with Crippen molar-refractivity contribution in [2.75, 3.05) is 24.2 Å². The lowest BCUT2D eigenvalue weighted by molar-refractivity contribution is 0.0957. The molecule has 0 aliphatic carbocycles. The van der Waals surface area contributed by atoms with Crippen LogP contribution in [0, 0.1) is 12.7 Å². The number of ether oxygens (including phenoxy) is 1. The van der Waals surface area contributed by atoms with E-state index < -0.39 is 27.7 Å². The largest absolute Gasteiger partial charge is 0.497 e. The Kier molecular flexibility index (Phi) is 6.98. The molecule has 172 valence electrons. The SMILES string of the molecule is CNC(=O)c1cc(NC(=O)c2cc(S(=O)(=O)Nc3ccc(OC)cc3)ccc2C)ccc1F. The van der Waals surface area contributed by atoms with E-state index in [0.29, 0.717) is 17.0 Å². The molecular weight excluding hydrogens is 449 g/mol. The molecule has 8 nitrogen and oxygen atoms in total. The molecule has 3 aromatic rings. The molecule has 0 aliphatic rings. The maximum absolute atomic E-state index is 13.9. The van der Waals surface area contributed by atoms with Crippen molar-refractivity contribution >= 4 is 33.2 Å². The third-order valence-electron chi connectivity index (χ3n) is 4.80. The monoisotopic (exact) mass is 471 g/mol. The molecule has 0 spiro atoms. The fraction of sp³-hybridized carbons (Fsp3) is 0.130. The molecule has 3 aromatic carbocycles. The quantitative estimate of drug-likeness (QED) is 0.488. The Hall–Kier alpha value is -3.92. The number of hydrogen-bond acceptors (Lipinski definition) is 5. The summed E-state index contributed by atoms with van der Waals surface area (Å²) in [5, 5.41) is 4.89. The van der Waals surface area contributed by atoms with E-state index >= 15 is 0 Å². The van der Waals surface area contributed by atoms with Gasteiger partial charge in [-0.2, -0.15) is 0 Å². The highest BCUT2D eigenvalue weighted by atomic mass is 32.2. The first-order valence-corrected chi connectivity index (χ1v) is 11.2. The Morgan fingerprint density at radius 3 is 2.18 bits per heavy atom. The van der Waals surface area contributed by atoms with Gasteiger partial charge in [0.2, 0.25) is 0 Å². The predicted molar refractivity (Wildman–Crippen MR) is 123 cm³/mol. The van der Waals surface area contributed by atoms with Gasteiger partial charge in [0.25, 0.3) is 21.8 Å². The van der Waals surface area contributed by atoms with E-state index in [1.54, 1.807) is 31.2 Å². The van der Waals surface area contributed by atoms with Crippen LogP contribution in [0.3, 0.4) is 0 Å². The van der Waals surface area contributed by atoms with Gasteiger partial charge in [-0.1, -0.05) is 6.07 Å². The second kappa shape index (κ2) is 9.70. The molecule has 0 aromatic heterocycles. The van der Waals surface area contributed by atoms with E-state index in [4.69, 9.17) is 4.74 Å². The van der Waals surface area contributed by atoms with E-state index in [1.165, 1.54) is 44.5 Å². The Morgan fingerprint density at radius 2 is 1.55 bits per heavy atom. The highest BCUT2D eigenvalue weighted by Crippen LogP contribution is 2.22. The minimum absolute atomic E-state index is 0.110. The minimum Gasteiger partial charge on any atom is -0.497 e. The third kappa shape index (κ3) is 5.47. The molecule has 0 fully saturated rings. The van der Waals surface area contributed by atoms with Gasteiger partial charge in [-0.25, -0.2) is 12.8 Å². The van der Waals surface area contributed by atoms with Crippen molar-refractivity contribution in [2.45, 2.75) is 11.8 Å². The van der Waals surface area contributed by atoms with Crippen LogP contribution >= 0.6 is 0 Å². The van der Waals surface area contributed by atoms with Crippen LogP contribution in [0.25, 0.3) is 0 Å². The van der Waals surface area contributed by atoms with Gasteiger partial charge in [0, 0.05) is 24.0 Å². The zero-order chi connectivity index (χ0) is 24.2. The Balaban J connectivity index is 1.86. The van der Waals surface area contributed by atoms with Crippen molar-refractivity contribution in [3.05, 3.63) is 83.2 Å². The van der Waals surface area contributed by atoms with Crippen LogP contribution in [0.4, 0.5) is 15.8 Å². The molecule has 3 rings (SSSR count). The van der Waals surface area contributed by atoms with Crippen molar-refractivity contribution < 1.29 is 27.1 Å². The van der Waals surface area contributed by atoms with Crippen molar-refractivity contribution in [3.8, 4) is 5.75 Å². The first-order chi connectivity index (χ1) is 15.6. The Labute approximate surface area is 190 Å². The Bertz CT molecular complexity index is 1310. The summed E-state index contributed by atoms with van der Waals surface area (Å²) in [6.45, 7) is 1.66. The second-order valence-electron chi connectivity index (χ2n) is 7.04. The number of nitrogens with one attached hydrogen (secondary N) is 3. The summed E-state index contributed by atoms with van der Waals surface area (Å²) in [5.41, 5.74) is 0.925. The number of halogens is 1. The fourth-order valence-electron chi connectivity index (χ4n) is 3.00. The Morgan fingerprint density at radius 1 is 0.879 bits per heavy atom. The maximum Gasteiger partial charge on any atom is 0.261 e. The number of carbonyl (C=O) groups excluding carboxylic acids is 2. The molecule has 0 saturated heterocycles. The van der Waals surface area contributed by atoms with Gasteiger partial charge in [0.15, 0.2) is 0 Å². The van der Waals surface area contributed by atoms with E-state index in [0.717, 1.165) is 6.07 Å². The summed E-state index contributed by atoms with van der Waals surface area (Å²) in [6.07, 6.45) is 0. The number of anilines is 2. The molecule has 0 heterocycles. The molecule has 3 N–H and O–H groups in total. The van der Waals surface area contributed by atoms with E-state index in [-0.39, 0.29) is 21.7 Å². The third-order valence-corrected chi connectivity index (χ3v) is 6.18. The number of rotatable bonds is 7. The maximum atomic E-state index is 13.9. The first kappa shape index (κ1) is 23.7. The summed E-state index contributed by atoms with van der Waals surface area (Å²) in [5.74, 6) is -1.41. The summed E-state index contributed by atoms with van der Waals surface area (Å²) < 4.78 is 47.1. The highest BCUT2D eigenvalue weighted by Gasteiger charge is 2.19. The van der Waals surface area contributed by atoms with E-state index in [9.17, 15) is 22.4 Å². The molecule has 33 heavy (non-hydrogen) atoms. The number of hydrogen-bond donors (Lipinski definition) is 3. The number of aryl methyl sites for hydroxylation is 1. The minimum atomic E-state index is -3.98. The predicted octanol–water partition coefficient (Wildman–Crippen LogP) is 3.56. The lowest BCUT2D eigenvalue weighted by atomic mass is 10.1. The van der Waals surface area contributed by atoms with Crippen LogP contribution in [0.15, 0.2) is 65.6 Å². The average Bonchev–Trinajstić information content (AvgIpc) is 2.80. The molecular formula is C23H22FN3O5S. The number of benzene rings is 3. The topological polar surface area (TPSA) is 114 Å². The van der Waals surface area contributed by atoms with Crippen LogP contribution < -0.4 is 20.1 Å². The molecule has 0 radical (unpaired) electrons. The zero-order valence-electron chi connectivity index (χ0n) is 18.1. The number of amides is 2. The number of sulfonamides is 1. The van der Waals surface area contributed by atoms with Gasteiger partial charge in [0.05, 0.1) is 17.6 Å². The average molecular weight is 472 g/mol. The molecule has 0 saturated carbocycles. The first-order valence-electron chi connectivity index (χ1n) is 9.75. The normalized spacial score (nSPS) is 10.9. The lowest BCUT2D eigenvalue weighted by Crippen LogP contribution is -2.20. The molecule has 0 unspecified atom stereocenters. The fourth-order valence-corrected chi connectivity index (χ4v) is 4.08. The van der Waals surface area contributed by atoms with Crippen LogP contribution in [-0.2, 0) is 10.0 Å². The summed E-state index contributed by atoms with van der Waals surface area (Å²) in [7, 11) is -1.11. The number of methoxy groups -OCH3 is 1. The molecule has 10 heteroatoms. The summed E-state index contributed by atoms with van der Waals surface area (Å²) in [6, 6.07) is 14.1. The van der Waals surface area contributed by atoms with Crippen molar-refractivity contribution in [1.82, 2.24) is 5.32 Å². The van der Waals surface area contributed by atoms with E-state index in [2.05, 4.69) is 15.4 Å². The molecule has 0 atom stereocenters. The lowest BCUT2D eigenvalue weighted by Gasteiger charge is -2.13. The zero-order valence-corrected chi connectivity index (χ0v) is 18.9. The van der Waals surface area contributed by atoms with Gasteiger partial charge in [-0.3, -0.25) is 14.3 Å². The van der Waals surface area contributed by atoms with Crippen molar-refractivity contribution in [3.63, 3.8) is 0 Å². The number of carbonyl (C=O) groups is 2. The van der Waals surface area contributed by atoms with Crippen LogP contribution in [0.5, 0.6) is 5.75 Å². The van der Waals surface area contributed by atoms with Gasteiger partial charge in [-0.15, -0.1) is 0 Å². The second-order valence-corrected chi connectivity index (χ2v) is 8.72. The van der Waals surface area contributed by atoms with Gasteiger partial charge in [0.1, 0.15) is 11.6 Å². The molecule has 2 amide bonds. The van der Waals surface area contributed by atoms with Crippen LogP contribution in [0.2, 0.25) is 0 Å². The summed E-state index contributed by atoms with van der Waals surface area (Å²) >= 11 is 0. The summed E-state index contributed by atoms with van der Waals surface area (Å²) in [4.78, 5) is 24.5. The van der Waals surface area contributed by atoms with Crippen molar-refractivity contribution in [1.29, 1.82) is 0 Å².